The number of nitrogens with two attached hydrogens (primary N) is 1. The summed E-state index contributed by atoms with van der Waals surface area (Å²) < 4.78 is 76.0. The van der Waals surface area contributed by atoms with Crippen LogP contribution >= 0.6 is 0 Å². The molecule has 7 heteroatoms. The van der Waals surface area contributed by atoms with Gasteiger partial charge in [-0.3, -0.25) is 0 Å². The Balaban J connectivity index is 2.39. The minimum Gasteiger partial charge on any atom is -0.324 e. The molecule has 2 rings (SSSR count). The minimum absolute atomic E-state index is 0.112. The van der Waals surface area contributed by atoms with Gasteiger partial charge < -0.3 is 5.73 Å². The summed E-state index contributed by atoms with van der Waals surface area (Å²) >= 11 is 0. The molecule has 1 aliphatic rings. The van der Waals surface area contributed by atoms with Crippen molar-refractivity contribution in [2.24, 2.45) is 11.7 Å². The number of alkyl halides is 6. The zero-order chi connectivity index (χ0) is 15.1. The van der Waals surface area contributed by atoms with Gasteiger partial charge in [-0.2, -0.15) is 26.3 Å². The molecule has 112 valence electrons. The van der Waals surface area contributed by atoms with Crippen molar-refractivity contribution in [2.45, 2.75) is 37.7 Å². The largest absolute Gasteiger partial charge is 0.416 e. The Bertz CT molecular complexity index is 454. The molecule has 1 aromatic carbocycles. The van der Waals surface area contributed by atoms with Crippen molar-refractivity contribution in [3.63, 3.8) is 0 Å². The molecule has 0 amide bonds. The Morgan fingerprint density at radius 1 is 0.950 bits per heavy atom. The van der Waals surface area contributed by atoms with Gasteiger partial charge in [-0.15, -0.1) is 0 Å². The Morgan fingerprint density at radius 3 is 1.75 bits per heavy atom. The van der Waals surface area contributed by atoms with Crippen LogP contribution in [0.2, 0.25) is 0 Å². The maximum absolute atomic E-state index is 12.7. The van der Waals surface area contributed by atoms with E-state index in [0.717, 1.165) is 12.8 Å². The smallest absolute Gasteiger partial charge is 0.324 e. The number of halogens is 6. The molecule has 0 saturated heterocycles. The lowest BCUT2D eigenvalue weighted by Gasteiger charge is -2.17. The molecule has 0 unspecified atom stereocenters. The van der Waals surface area contributed by atoms with Crippen molar-refractivity contribution in [3.05, 3.63) is 34.9 Å². The van der Waals surface area contributed by atoms with E-state index in [1.165, 1.54) is 0 Å². The van der Waals surface area contributed by atoms with Crippen LogP contribution in [0.4, 0.5) is 26.3 Å². The van der Waals surface area contributed by atoms with Crippen LogP contribution in [0.25, 0.3) is 0 Å². The molecule has 0 bridgehead atoms. The molecule has 1 atom stereocenters. The lowest BCUT2D eigenvalue weighted by atomic mass is 9.97. The van der Waals surface area contributed by atoms with Crippen molar-refractivity contribution < 1.29 is 26.3 Å². The summed E-state index contributed by atoms with van der Waals surface area (Å²) in [5, 5.41) is 0. The molecule has 0 aliphatic heterocycles. The third kappa shape index (κ3) is 3.65. The molecule has 2 N–H and O–H groups in total. The van der Waals surface area contributed by atoms with Crippen molar-refractivity contribution in [3.8, 4) is 0 Å². The summed E-state index contributed by atoms with van der Waals surface area (Å²) in [6, 6.07) is 0.740. The predicted octanol–water partition coefficient (Wildman–Crippen LogP) is 4.52. The number of benzene rings is 1. The zero-order valence-corrected chi connectivity index (χ0v) is 10.4. The van der Waals surface area contributed by atoms with E-state index in [0.29, 0.717) is 24.5 Å². The molecule has 0 spiro atoms. The van der Waals surface area contributed by atoms with Crippen LogP contribution in [-0.4, -0.2) is 0 Å². The molecular formula is C13H13F6N. The summed E-state index contributed by atoms with van der Waals surface area (Å²) in [5.41, 5.74) is 2.99. The number of hydrogen-bond acceptors (Lipinski definition) is 1. The lowest BCUT2D eigenvalue weighted by molar-refractivity contribution is -0.143. The standard InChI is InChI=1S/C13H13F6N/c14-12(15,16)9-4-8(11(20)3-7-1-2-7)5-10(6-9)13(17,18)19/h4-7,11H,1-3,20H2/t11-/m1/s1. The third-order valence-electron chi connectivity index (χ3n) is 3.32. The predicted molar refractivity (Wildman–Crippen MR) is 60.7 cm³/mol. The van der Waals surface area contributed by atoms with E-state index in [4.69, 9.17) is 5.73 Å². The second kappa shape index (κ2) is 4.95. The van der Waals surface area contributed by atoms with Crippen LogP contribution in [0, 0.1) is 5.92 Å². The van der Waals surface area contributed by atoms with Crippen LogP contribution in [0.15, 0.2) is 18.2 Å². The van der Waals surface area contributed by atoms with Crippen LogP contribution < -0.4 is 5.73 Å². The zero-order valence-electron chi connectivity index (χ0n) is 10.4. The minimum atomic E-state index is -4.82. The van der Waals surface area contributed by atoms with Crippen LogP contribution in [0.1, 0.15) is 42.0 Å². The summed E-state index contributed by atoms with van der Waals surface area (Å²) in [5.74, 6) is 0.314. The highest BCUT2D eigenvalue weighted by atomic mass is 19.4. The summed E-state index contributed by atoms with van der Waals surface area (Å²) in [4.78, 5) is 0. The first-order valence-corrected chi connectivity index (χ1v) is 6.12. The van der Waals surface area contributed by atoms with Crippen LogP contribution in [0.5, 0.6) is 0 Å². The Kier molecular flexibility index (Phi) is 3.75. The Morgan fingerprint density at radius 2 is 1.40 bits per heavy atom. The fourth-order valence-electron chi connectivity index (χ4n) is 2.04. The lowest BCUT2D eigenvalue weighted by Crippen LogP contribution is -2.16. The third-order valence-corrected chi connectivity index (χ3v) is 3.32. The average molecular weight is 297 g/mol. The fourth-order valence-corrected chi connectivity index (χ4v) is 2.04. The number of hydrogen-bond donors (Lipinski definition) is 1. The molecule has 0 aromatic heterocycles. The Hall–Kier alpha value is -1.24. The first-order chi connectivity index (χ1) is 9.07. The van der Waals surface area contributed by atoms with Gasteiger partial charge in [0.15, 0.2) is 0 Å². The van der Waals surface area contributed by atoms with E-state index in [1.54, 1.807) is 0 Å². The van der Waals surface area contributed by atoms with Gasteiger partial charge in [-0.1, -0.05) is 12.8 Å². The fraction of sp³-hybridized carbons (Fsp3) is 0.538. The van der Waals surface area contributed by atoms with E-state index in [9.17, 15) is 26.3 Å². The molecule has 1 aliphatic carbocycles. The van der Waals surface area contributed by atoms with E-state index in [-0.39, 0.29) is 11.6 Å². The summed E-state index contributed by atoms with van der Waals surface area (Å²) in [6.45, 7) is 0. The van der Waals surface area contributed by atoms with Gasteiger partial charge in [0, 0.05) is 6.04 Å². The second-order valence-electron chi connectivity index (χ2n) is 5.12. The van der Waals surface area contributed by atoms with Crippen molar-refractivity contribution in [1.82, 2.24) is 0 Å². The molecule has 1 saturated carbocycles. The average Bonchev–Trinajstić information content (AvgIpc) is 3.10. The van der Waals surface area contributed by atoms with Gasteiger partial charge in [-0.25, -0.2) is 0 Å². The molecular weight excluding hydrogens is 284 g/mol. The molecule has 1 fully saturated rings. The van der Waals surface area contributed by atoms with Crippen LogP contribution in [-0.2, 0) is 12.4 Å². The van der Waals surface area contributed by atoms with Crippen molar-refractivity contribution in [2.75, 3.05) is 0 Å². The monoisotopic (exact) mass is 297 g/mol. The summed E-state index contributed by atoms with van der Waals surface area (Å²) in [6.07, 6.45) is -7.37. The quantitative estimate of drug-likeness (QED) is 0.815. The summed E-state index contributed by atoms with van der Waals surface area (Å²) in [7, 11) is 0. The molecule has 1 nitrogen and oxygen atoms in total. The SMILES string of the molecule is N[C@H](CC1CC1)c1cc(C(F)(F)F)cc(C(F)(F)F)c1. The highest BCUT2D eigenvalue weighted by Crippen LogP contribution is 2.40. The molecule has 1 aromatic rings. The topological polar surface area (TPSA) is 26.0 Å². The van der Waals surface area contributed by atoms with Gasteiger partial charge >= 0.3 is 12.4 Å². The first kappa shape index (κ1) is 15.2. The van der Waals surface area contributed by atoms with E-state index in [1.807, 2.05) is 0 Å². The Labute approximate surface area is 111 Å². The molecule has 0 radical (unpaired) electrons. The normalized spacial score (nSPS) is 18.1. The van der Waals surface area contributed by atoms with E-state index in [2.05, 4.69) is 0 Å². The van der Waals surface area contributed by atoms with Gasteiger partial charge in [-0.05, 0) is 36.1 Å². The van der Waals surface area contributed by atoms with E-state index < -0.39 is 29.5 Å². The van der Waals surface area contributed by atoms with Gasteiger partial charge in [0.05, 0.1) is 11.1 Å². The number of rotatable bonds is 3. The second-order valence-corrected chi connectivity index (χ2v) is 5.12. The molecule has 0 heterocycles. The highest BCUT2D eigenvalue weighted by Gasteiger charge is 2.37. The van der Waals surface area contributed by atoms with Gasteiger partial charge in [0.2, 0.25) is 0 Å². The first-order valence-electron chi connectivity index (χ1n) is 6.12. The van der Waals surface area contributed by atoms with Crippen molar-refractivity contribution in [1.29, 1.82) is 0 Å². The molecule has 20 heavy (non-hydrogen) atoms. The van der Waals surface area contributed by atoms with Crippen LogP contribution in [0.3, 0.4) is 0 Å². The maximum Gasteiger partial charge on any atom is 0.416 e. The maximum atomic E-state index is 12.7. The van der Waals surface area contributed by atoms with Crippen molar-refractivity contribution >= 4 is 0 Å². The van der Waals surface area contributed by atoms with Gasteiger partial charge in [0.1, 0.15) is 0 Å². The van der Waals surface area contributed by atoms with Gasteiger partial charge in [0.25, 0.3) is 0 Å². The van der Waals surface area contributed by atoms with E-state index >= 15 is 0 Å². The highest BCUT2D eigenvalue weighted by molar-refractivity contribution is 5.35.